The van der Waals surface area contributed by atoms with Crippen LogP contribution < -0.4 is 5.73 Å². The van der Waals surface area contributed by atoms with Gasteiger partial charge in [-0.05, 0) is 11.0 Å². The fourth-order valence-electron chi connectivity index (χ4n) is 1.16. The van der Waals surface area contributed by atoms with Crippen LogP contribution >= 0.6 is 11.8 Å². The van der Waals surface area contributed by atoms with Gasteiger partial charge in [0.2, 0.25) is 0 Å². The van der Waals surface area contributed by atoms with E-state index in [1.807, 2.05) is 30.0 Å². The number of hydrogen-bond acceptors (Lipinski definition) is 2. The number of nitrogens with two attached hydrogens (primary N) is 1. The molecule has 0 aromatic heterocycles. The van der Waals surface area contributed by atoms with Gasteiger partial charge in [0.1, 0.15) is 0 Å². The molecule has 0 radical (unpaired) electrons. The van der Waals surface area contributed by atoms with Gasteiger partial charge < -0.3 is 5.73 Å². The second kappa shape index (κ2) is 5.57. The predicted molar refractivity (Wildman–Crippen MR) is 69.9 cm³/mol. The highest BCUT2D eigenvalue weighted by atomic mass is 32.2. The standard InChI is InChI=1S/C13H21NS/c1-4-13(2,3)10-15-12(14)11-8-6-5-7-9-11/h5-9,12H,4,10,14H2,1-3H3. The Morgan fingerprint density at radius 2 is 1.87 bits per heavy atom. The molecular weight excluding hydrogens is 202 g/mol. The molecule has 0 saturated carbocycles. The lowest BCUT2D eigenvalue weighted by atomic mass is 9.93. The molecule has 2 N–H and O–H groups in total. The molecule has 0 saturated heterocycles. The molecule has 2 heteroatoms. The van der Waals surface area contributed by atoms with Crippen LogP contribution in [0.15, 0.2) is 30.3 Å². The van der Waals surface area contributed by atoms with Gasteiger partial charge in [-0.1, -0.05) is 57.5 Å². The molecule has 0 amide bonds. The van der Waals surface area contributed by atoms with Crippen molar-refractivity contribution >= 4 is 11.8 Å². The fourth-order valence-corrected chi connectivity index (χ4v) is 2.34. The highest BCUT2D eigenvalue weighted by Crippen LogP contribution is 2.31. The van der Waals surface area contributed by atoms with Crippen LogP contribution in [-0.2, 0) is 0 Å². The molecule has 0 aliphatic heterocycles. The van der Waals surface area contributed by atoms with Crippen LogP contribution in [0.4, 0.5) is 0 Å². The van der Waals surface area contributed by atoms with E-state index in [0.29, 0.717) is 5.41 Å². The Morgan fingerprint density at radius 1 is 1.27 bits per heavy atom. The summed E-state index contributed by atoms with van der Waals surface area (Å²) in [4.78, 5) is 0. The van der Waals surface area contributed by atoms with Gasteiger partial charge in [-0.2, -0.15) is 0 Å². The summed E-state index contributed by atoms with van der Waals surface area (Å²) in [5.74, 6) is 1.11. The van der Waals surface area contributed by atoms with E-state index in [1.54, 1.807) is 0 Å². The molecule has 0 spiro atoms. The van der Waals surface area contributed by atoms with E-state index < -0.39 is 0 Å². The first-order chi connectivity index (χ1) is 7.05. The number of thioether (sulfide) groups is 1. The highest BCUT2D eigenvalue weighted by molar-refractivity contribution is 7.99. The van der Waals surface area contributed by atoms with Crippen molar-refractivity contribution in [2.45, 2.75) is 32.6 Å². The molecule has 0 heterocycles. The van der Waals surface area contributed by atoms with Crippen LogP contribution in [0.2, 0.25) is 0 Å². The third-order valence-electron chi connectivity index (χ3n) is 2.74. The molecule has 1 aromatic rings. The Hall–Kier alpha value is -0.470. The van der Waals surface area contributed by atoms with Crippen LogP contribution in [0.5, 0.6) is 0 Å². The zero-order valence-electron chi connectivity index (χ0n) is 9.86. The first-order valence-corrected chi connectivity index (χ1v) is 6.52. The molecule has 0 aliphatic rings. The number of rotatable bonds is 5. The Kier molecular flexibility index (Phi) is 4.68. The van der Waals surface area contributed by atoms with E-state index in [2.05, 4.69) is 32.9 Å². The minimum absolute atomic E-state index is 0.108. The van der Waals surface area contributed by atoms with Gasteiger partial charge in [-0.15, -0.1) is 11.8 Å². The maximum absolute atomic E-state index is 6.12. The molecule has 0 bridgehead atoms. The van der Waals surface area contributed by atoms with Crippen LogP contribution in [0.3, 0.4) is 0 Å². The minimum atomic E-state index is 0.108. The monoisotopic (exact) mass is 223 g/mol. The van der Waals surface area contributed by atoms with E-state index in [0.717, 1.165) is 5.75 Å². The molecule has 15 heavy (non-hydrogen) atoms. The quantitative estimate of drug-likeness (QED) is 0.768. The van der Waals surface area contributed by atoms with Crippen LogP contribution in [0, 0.1) is 5.41 Å². The van der Waals surface area contributed by atoms with Crippen molar-refractivity contribution in [1.82, 2.24) is 0 Å². The molecule has 0 fully saturated rings. The summed E-state index contributed by atoms with van der Waals surface area (Å²) in [5.41, 5.74) is 7.72. The predicted octanol–water partition coefficient (Wildman–Crippen LogP) is 3.81. The van der Waals surface area contributed by atoms with Crippen LogP contribution in [-0.4, -0.2) is 5.75 Å². The van der Waals surface area contributed by atoms with Gasteiger partial charge in [-0.3, -0.25) is 0 Å². The molecule has 84 valence electrons. The number of benzene rings is 1. The Labute approximate surface area is 97.4 Å². The van der Waals surface area contributed by atoms with Crippen molar-refractivity contribution in [2.24, 2.45) is 11.1 Å². The zero-order valence-corrected chi connectivity index (χ0v) is 10.7. The second-order valence-corrected chi connectivity index (χ2v) is 5.79. The van der Waals surface area contributed by atoms with E-state index >= 15 is 0 Å². The van der Waals surface area contributed by atoms with Crippen molar-refractivity contribution < 1.29 is 0 Å². The van der Waals surface area contributed by atoms with Gasteiger partial charge >= 0.3 is 0 Å². The van der Waals surface area contributed by atoms with Gasteiger partial charge in [0, 0.05) is 5.75 Å². The summed E-state index contributed by atoms with van der Waals surface area (Å²) in [6.45, 7) is 6.81. The van der Waals surface area contributed by atoms with Crippen molar-refractivity contribution in [3.8, 4) is 0 Å². The van der Waals surface area contributed by atoms with Crippen LogP contribution in [0.25, 0.3) is 0 Å². The summed E-state index contributed by atoms with van der Waals surface area (Å²) >= 11 is 1.84. The lowest BCUT2D eigenvalue weighted by molar-refractivity contribution is 0.407. The van der Waals surface area contributed by atoms with Gasteiger partial charge in [-0.25, -0.2) is 0 Å². The van der Waals surface area contributed by atoms with Crippen LogP contribution in [0.1, 0.15) is 38.1 Å². The van der Waals surface area contributed by atoms with Crippen molar-refractivity contribution in [2.75, 3.05) is 5.75 Å². The first-order valence-electron chi connectivity index (χ1n) is 5.47. The molecule has 1 nitrogen and oxygen atoms in total. The smallest absolute Gasteiger partial charge is 0.0764 e. The fraction of sp³-hybridized carbons (Fsp3) is 0.538. The summed E-state index contributed by atoms with van der Waals surface area (Å²) in [6.07, 6.45) is 1.20. The van der Waals surface area contributed by atoms with E-state index in [9.17, 15) is 0 Å². The third kappa shape index (κ3) is 4.27. The SMILES string of the molecule is CCC(C)(C)CSC(N)c1ccccc1. The lowest BCUT2D eigenvalue weighted by Gasteiger charge is -2.24. The summed E-state index contributed by atoms with van der Waals surface area (Å²) < 4.78 is 0. The largest absolute Gasteiger partial charge is 0.316 e. The van der Waals surface area contributed by atoms with E-state index in [1.165, 1.54) is 12.0 Å². The zero-order chi connectivity index (χ0) is 11.3. The average molecular weight is 223 g/mol. The molecule has 1 rings (SSSR count). The normalized spacial score (nSPS) is 13.9. The number of hydrogen-bond donors (Lipinski definition) is 1. The average Bonchev–Trinajstić information content (AvgIpc) is 2.27. The Bertz CT molecular complexity index is 282. The van der Waals surface area contributed by atoms with E-state index in [-0.39, 0.29) is 5.37 Å². The summed E-state index contributed by atoms with van der Waals surface area (Å²) in [6, 6.07) is 10.3. The molecule has 0 aliphatic carbocycles. The first kappa shape index (κ1) is 12.6. The maximum atomic E-state index is 6.12. The summed E-state index contributed by atoms with van der Waals surface area (Å²) in [5, 5.41) is 0.108. The van der Waals surface area contributed by atoms with Crippen molar-refractivity contribution in [3.05, 3.63) is 35.9 Å². The molecule has 1 atom stereocenters. The minimum Gasteiger partial charge on any atom is -0.316 e. The second-order valence-electron chi connectivity index (χ2n) is 4.66. The third-order valence-corrected chi connectivity index (χ3v) is 4.32. The molecule has 1 unspecified atom stereocenters. The maximum Gasteiger partial charge on any atom is 0.0764 e. The van der Waals surface area contributed by atoms with Crippen molar-refractivity contribution in [1.29, 1.82) is 0 Å². The lowest BCUT2D eigenvalue weighted by Crippen LogP contribution is -2.16. The summed E-state index contributed by atoms with van der Waals surface area (Å²) in [7, 11) is 0. The van der Waals surface area contributed by atoms with Gasteiger partial charge in [0.05, 0.1) is 5.37 Å². The van der Waals surface area contributed by atoms with E-state index in [4.69, 9.17) is 5.73 Å². The Morgan fingerprint density at radius 3 is 2.40 bits per heavy atom. The van der Waals surface area contributed by atoms with Gasteiger partial charge in [0.15, 0.2) is 0 Å². The molecule has 1 aromatic carbocycles. The van der Waals surface area contributed by atoms with Gasteiger partial charge in [0.25, 0.3) is 0 Å². The van der Waals surface area contributed by atoms with Crippen molar-refractivity contribution in [3.63, 3.8) is 0 Å². The highest BCUT2D eigenvalue weighted by Gasteiger charge is 2.17. The topological polar surface area (TPSA) is 26.0 Å². The Balaban J connectivity index is 2.47. The molecular formula is C13H21NS.